The normalized spacial score (nSPS) is 12.2. The first-order valence-corrected chi connectivity index (χ1v) is 10.1. The lowest BCUT2D eigenvalue weighted by molar-refractivity contribution is -0.124. The number of aryl methyl sites for hydroxylation is 1. The molecule has 0 heterocycles. The molecule has 0 aliphatic rings. The molecular formula is C18H20ClN3O4S. The number of hydrogen-bond donors (Lipinski definition) is 3. The highest BCUT2D eigenvalue weighted by Crippen LogP contribution is 2.22. The van der Waals surface area contributed by atoms with E-state index in [4.69, 9.17) is 17.3 Å². The second-order valence-electron chi connectivity index (χ2n) is 5.79. The van der Waals surface area contributed by atoms with Gasteiger partial charge in [-0.25, -0.2) is 8.42 Å². The summed E-state index contributed by atoms with van der Waals surface area (Å²) in [6, 6.07) is 12.7. The van der Waals surface area contributed by atoms with Crippen LogP contribution in [0.25, 0.3) is 0 Å². The Balaban J connectivity index is 2.16. The van der Waals surface area contributed by atoms with Crippen molar-refractivity contribution in [2.24, 2.45) is 5.73 Å². The van der Waals surface area contributed by atoms with Crippen molar-refractivity contribution >= 4 is 44.8 Å². The van der Waals surface area contributed by atoms with E-state index >= 15 is 0 Å². The van der Waals surface area contributed by atoms with Crippen molar-refractivity contribution < 1.29 is 18.0 Å². The van der Waals surface area contributed by atoms with Crippen LogP contribution in [-0.4, -0.2) is 25.6 Å². The van der Waals surface area contributed by atoms with Gasteiger partial charge in [0.15, 0.2) is 5.38 Å². The number of sulfonamides is 1. The molecule has 0 bridgehead atoms. The molecule has 2 aromatic carbocycles. The summed E-state index contributed by atoms with van der Waals surface area (Å²) in [5, 5.41) is 0.881. The summed E-state index contributed by atoms with van der Waals surface area (Å²) in [5.74, 6) is -1.75. The third kappa shape index (κ3) is 5.45. The van der Waals surface area contributed by atoms with Crippen LogP contribution in [-0.2, 0) is 26.0 Å². The van der Waals surface area contributed by atoms with E-state index in [0.29, 0.717) is 5.69 Å². The number of amides is 2. The summed E-state index contributed by atoms with van der Waals surface area (Å²) >= 11 is 5.56. The highest BCUT2D eigenvalue weighted by molar-refractivity contribution is 7.92. The van der Waals surface area contributed by atoms with Crippen molar-refractivity contribution in [3.63, 3.8) is 0 Å². The highest BCUT2D eigenvalue weighted by atomic mass is 35.5. The number of carbonyl (C=O) groups excluding carboxylic acids is 2. The van der Waals surface area contributed by atoms with Crippen LogP contribution in [0.4, 0.5) is 11.4 Å². The van der Waals surface area contributed by atoms with E-state index in [1.807, 2.05) is 19.1 Å². The molecule has 1 atom stereocenters. The monoisotopic (exact) mass is 409 g/mol. The van der Waals surface area contributed by atoms with Crippen LogP contribution in [0.15, 0.2) is 53.4 Å². The van der Waals surface area contributed by atoms with E-state index in [1.165, 1.54) is 24.3 Å². The van der Waals surface area contributed by atoms with Crippen molar-refractivity contribution in [1.82, 2.24) is 0 Å². The SMILES string of the molecule is CCCc1ccccc1NS(=O)(=O)c1ccc(NC(=O)C(Cl)C(N)=O)cc1. The van der Waals surface area contributed by atoms with Gasteiger partial charge in [0, 0.05) is 5.69 Å². The maximum absolute atomic E-state index is 12.6. The minimum atomic E-state index is -3.79. The number of alkyl halides is 1. The van der Waals surface area contributed by atoms with Gasteiger partial charge in [0.25, 0.3) is 15.9 Å². The summed E-state index contributed by atoms with van der Waals surface area (Å²) in [5.41, 5.74) is 6.69. The zero-order valence-electron chi connectivity index (χ0n) is 14.6. The molecule has 0 aromatic heterocycles. The van der Waals surface area contributed by atoms with Crippen LogP contribution in [0.2, 0.25) is 0 Å². The molecule has 2 aromatic rings. The molecule has 0 saturated heterocycles. The second-order valence-corrected chi connectivity index (χ2v) is 7.91. The van der Waals surface area contributed by atoms with Gasteiger partial charge in [0.05, 0.1) is 10.6 Å². The predicted octanol–water partition coefficient (Wildman–Crippen LogP) is 2.47. The number of benzene rings is 2. The molecule has 0 aliphatic carbocycles. The molecule has 9 heteroatoms. The average molecular weight is 410 g/mol. The number of nitrogens with two attached hydrogens (primary N) is 1. The van der Waals surface area contributed by atoms with Crippen LogP contribution < -0.4 is 15.8 Å². The number of halogens is 1. The fraction of sp³-hybridized carbons (Fsp3) is 0.222. The largest absolute Gasteiger partial charge is 0.368 e. The van der Waals surface area contributed by atoms with E-state index < -0.39 is 27.2 Å². The van der Waals surface area contributed by atoms with E-state index in [1.54, 1.807) is 12.1 Å². The smallest absolute Gasteiger partial charge is 0.261 e. The van der Waals surface area contributed by atoms with Crippen molar-refractivity contribution in [2.75, 3.05) is 10.0 Å². The fourth-order valence-corrected chi connectivity index (χ4v) is 3.52. The number of hydrogen-bond acceptors (Lipinski definition) is 4. The quantitative estimate of drug-likeness (QED) is 0.458. The summed E-state index contributed by atoms with van der Waals surface area (Å²) in [7, 11) is -3.79. The summed E-state index contributed by atoms with van der Waals surface area (Å²) in [6.07, 6.45) is 1.64. The number of anilines is 2. The zero-order valence-corrected chi connectivity index (χ0v) is 16.2. The maximum Gasteiger partial charge on any atom is 0.261 e. The maximum atomic E-state index is 12.6. The Morgan fingerprint density at radius 2 is 1.74 bits per heavy atom. The van der Waals surface area contributed by atoms with Crippen molar-refractivity contribution in [1.29, 1.82) is 0 Å². The van der Waals surface area contributed by atoms with Crippen molar-refractivity contribution in [3.05, 3.63) is 54.1 Å². The van der Waals surface area contributed by atoms with E-state index in [0.717, 1.165) is 18.4 Å². The van der Waals surface area contributed by atoms with Crippen LogP contribution >= 0.6 is 11.6 Å². The molecule has 2 amide bonds. The van der Waals surface area contributed by atoms with Gasteiger partial charge in [-0.3, -0.25) is 14.3 Å². The van der Waals surface area contributed by atoms with Crippen LogP contribution in [0.1, 0.15) is 18.9 Å². The molecule has 7 nitrogen and oxygen atoms in total. The molecule has 144 valence electrons. The van der Waals surface area contributed by atoms with Gasteiger partial charge in [-0.1, -0.05) is 31.5 Å². The Bertz CT molecular complexity index is 930. The third-order valence-electron chi connectivity index (χ3n) is 3.69. The van der Waals surface area contributed by atoms with Gasteiger partial charge in [0.2, 0.25) is 5.91 Å². The first-order valence-electron chi connectivity index (χ1n) is 8.19. The van der Waals surface area contributed by atoms with E-state index in [2.05, 4.69) is 10.0 Å². The summed E-state index contributed by atoms with van der Waals surface area (Å²) in [6.45, 7) is 2.02. The first kappa shape index (κ1) is 20.7. The minimum absolute atomic E-state index is 0.0316. The highest BCUT2D eigenvalue weighted by Gasteiger charge is 2.21. The molecule has 0 fully saturated rings. The molecule has 4 N–H and O–H groups in total. The predicted molar refractivity (Wildman–Crippen MR) is 105 cm³/mol. The molecule has 1 unspecified atom stereocenters. The number of para-hydroxylation sites is 1. The van der Waals surface area contributed by atoms with Crippen molar-refractivity contribution in [3.8, 4) is 0 Å². The van der Waals surface area contributed by atoms with Gasteiger partial charge in [-0.05, 0) is 42.3 Å². The van der Waals surface area contributed by atoms with Gasteiger partial charge < -0.3 is 11.1 Å². The average Bonchev–Trinajstić information content (AvgIpc) is 2.63. The third-order valence-corrected chi connectivity index (χ3v) is 5.49. The number of carbonyl (C=O) groups is 2. The Hall–Kier alpha value is -2.58. The fourth-order valence-electron chi connectivity index (χ4n) is 2.36. The standard InChI is InChI=1S/C18H20ClN3O4S/c1-2-5-12-6-3-4-7-15(12)22-27(25,26)14-10-8-13(9-11-14)21-18(24)16(19)17(20)23/h3-4,6-11,16,22H,2,5H2,1H3,(H2,20,23)(H,21,24). The van der Waals surface area contributed by atoms with Gasteiger partial charge in [-0.2, -0.15) is 0 Å². The molecule has 2 rings (SSSR count). The molecule has 27 heavy (non-hydrogen) atoms. The lowest BCUT2D eigenvalue weighted by Gasteiger charge is -2.13. The van der Waals surface area contributed by atoms with Crippen LogP contribution in [0.3, 0.4) is 0 Å². The topological polar surface area (TPSA) is 118 Å². The Kier molecular flexibility index (Phi) is 6.81. The van der Waals surface area contributed by atoms with E-state index in [9.17, 15) is 18.0 Å². The Morgan fingerprint density at radius 3 is 2.33 bits per heavy atom. The number of nitrogens with one attached hydrogen (secondary N) is 2. The Labute approximate surface area is 163 Å². The molecular weight excluding hydrogens is 390 g/mol. The molecule has 0 aliphatic heterocycles. The van der Waals surface area contributed by atoms with Crippen LogP contribution in [0, 0.1) is 0 Å². The number of primary amides is 1. The summed E-state index contributed by atoms with van der Waals surface area (Å²) < 4.78 is 27.8. The lowest BCUT2D eigenvalue weighted by Crippen LogP contribution is -2.35. The Morgan fingerprint density at radius 1 is 1.11 bits per heavy atom. The van der Waals surface area contributed by atoms with Crippen LogP contribution in [0.5, 0.6) is 0 Å². The number of rotatable bonds is 8. The molecule has 0 spiro atoms. The first-order chi connectivity index (χ1) is 12.7. The zero-order chi connectivity index (χ0) is 20.0. The minimum Gasteiger partial charge on any atom is -0.368 e. The van der Waals surface area contributed by atoms with Gasteiger partial charge >= 0.3 is 0 Å². The summed E-state index contributed by atoms with van der Waals surface area (Å²) in [4.78, 5) is 22.6. The van der Waals surface area contributed by atoms with Gasteiger partial charge in [0.1, 0.15) is 0 Å². The molecule has 0 saturated carbocycles. The second kappa shape index (κ2) is 8.88. The molecule has 0 radical (unpaired) electrons. The lowest BCUT2D eigenvalue weighted by atomic mass is 10.1. The van der Waals surface area contributed by atoms with E-state index in [-0.39, 0.29) is 10.6 Å². The van der Waals surface area contributed by atoms with Crippen molar-refractivity contribution in [2.45, 2.75) is 30.0 Å². The van der Waals surface area contributed by atoms with Gasteiger partial charge in [-0.15, -0.1) is 11.6 Å².